The third-order valence-corrected chi connectivity index (χ3v) is 3.55. The van der Waals surface area contributed by atoms with Gasteiger partial charge < -0.3 is 20.0 Å². The number of unbranched alkanes of at least 4 members (excludes halogenated alkanes) is 1. The molecule has 1 amide bonds. The molecular formula is C18H22N2O4. The average molecular weight is 330 g/mol. The largest absolute Gasteiger partial charge is 0.505 e. The molecule has 1 aromatic carbocycles. The summed E-state index contributed by atoms with van der Waals surface area (Å²) in [4.78, 5) is 17.2. The van der Waals surface area contributed by atoms with Gasteiger partial charge in [0.05, 0.1) is 18.5 Å². The molecule has 6 heteroatoms. The van der Waals surface area contributed by atoms with Crippen molar-refractivity contribution < 1.29 is 19.5 Å². The molecule has 0 aliphatic carbocycles. The number of ether oxygens (including phenoxy) is 1. The predicted molar refractivity (Wildman–Crippen MR) is 92.7 cm³/mol. The molecule has 1 aliphatic rings. The molecule has 1 aliphatic heterocycles. The molecule has 0 unspecified atom stereocenters. The maximum absolute atomic E-state index is 12.1. The Hall–Kier alpha value is -2.76. The zero-order chi connectivity index (χ0) is 17.5. The lowest BCUT2D eigenvalue weighted by atomic mass is 10.1. The van der Waals surface area contributed by atoms with E-state index in [0.717, 1.165) is 24.2 Å². The number of amides is 1. The summed E-state index contributed by atoms with van der Waals surface area (Å²) in [7, 11) is 1.59. The molecule has 2 N–H and O–H groups in total. The van der Waals surface area contributed by atoms with E-state index in [-0.39, 0.29) is 11.3 Å². The standard InChI is InChI=1S/C18H22N2O4/c1-4-5-10-24-20-12(2)16-17(21)15(19-18(16)22)11-13-6-8-14(23-3)9-7-13/h6-9,11,21H,4-5,10H2,1-3H3,(H,19,22)/b15-11-,20-12+. The van der Waals surface area contributed by atoms with Crippen LogP contribution >= 0.6 is 0 Å². The van der Waals surface area contributed by atoms with Crippen LogP contribution in [0.25, 0.3) is 6.08 Å². The highest BCUT2D eigenvalue weighted by molar-refractivity contribution is 6.24. The van der Waals surface area contributed by atoms with E-state index in [2.05, 4.69) is 17.4 Å². The van der Waals surface area contributed by atoms with Crippen LogP contribution in [0.4, 0.5) is 0 Å². The van der Waals surface area contributed by atoms with Gasteiger partial charge in [0.1, 0.15) is 17.9 Å². The maximum Gasteiger partial charge on any atom is 0.261 e. The summed E-state index contributed by atoms with van der Waals surface area (Å²) in [5.74, 6) is 0.212. The Morgan fingerprint density at radius 2 is 2.04 bits per heavy atom. The average Bonchev–Trinajstić information content (AvgIpc) is 2.86. The second-order valence-electron chi connectivity index (χ2n) is 5.37. The summed E-state index contributed by atoms with van der Waals surface area (Å²) in [6, 6.07) is 7.27. The number of hydrogen-bond acceptors (Lipinski definition) is 5. The van der Waals surface area contributed by atoms with E-state index in [1.807, 2.05) is 12.1 Å². The molecule has 2 rings (SSSR count). The number of nitrogens with zero attached hydrogens (tertiary/aromatic N) is 1. The molecule has 0 fully saturated rings. The summed E-state index contributed by atoms with van der Waals surface area (Å²) < 4.78 is 5.10. The maximum atomic E-state index is 12.1. The van der Waals surface area contributed by atoms with Crippen molar-refractivity contribution in [3.05, 3.63) is 46.9 Å². The summed E-state index contributed by atoms with van der Waals surface area (Å²) in [6.45, 7) is 4.17. The van der Waals surface area contributed by atoms with Gasteiger partial charge >= 0.3 is 0 Å². The number of aliphatic hydroxyl groups excluding tert-OH is 1. The molecule has 0 bridgehead atoms. The Balaban J connectivity index is 2.19. The lowest BCUT2D eigenvalue weighted by Crippen LogP contribution is -2.19. The Kier molecular flexibility index (Phi) is 6.01. The van der Waals surface area contributed by atoms with Crippen molar-refractivity contribution in [3.63, 3.8) is 0 Å². The van der Waals surface area contributed by atoms with E-state index in [9.17, 15) is 9.90 Å². The molecule has 6 nitrogen and oxygen atoms in total. The number of aliphatic hydroxyl groups is 1. The summed E-state index contributed by atoms with van der Waals surface area (Å²) in [6.07, 6.45) is 3.57. The van der Waals surface area contributed by atoms with Crippen LogP contribution in [0.2, 0.25) is 0 Å². The van der Waals surface area contributed by atoms with Crippen molar-refractivity contribution in [2.24, 2.45) is 5.16 Å². The van der Waals surface area contributed by atoms with Crippen molar-refractivity contribution in [1.29, 1.82) is 0 Å². The van der Waals surface area contributed by atoms with Crippen LogP contribution in [-0.2, 0) is 9.63 Å². The first-order valence-corrected chi connectivity index (χ1v) is 7.84. The van der Waals surface area contributed by atoms with E-state index < -0.39 is 5.91 Å². The van der Waals surface area contributed by atoms with Gasteiger partial charge in [0.2, 0.25) is 0 Å². The molecular weight excluding hydrogens is 308 g/mol. The van der Waals surface area contributed by atoms with E-state index >= 15 is 0 Å². The normalized spacial score (nSPS) is 16.5. The van der Waals surface area contributed by atoms with Gasteiger partial charge in [-0.2, -0.15) is 0 Å². The Morgan fingerprint density at radius 1 is 1.33 bits per heavy atom. The van der Waals surface area contributed by atoms with E-state index in [4.69, 9.17) is 9.57 Å². The van der Waals surface area contributed by atoms with Crippen LogP contribution in [0.3, 0.4) is 0 Å². The second-order valence-corrected chi connectivity index (χ2v) is 5.37. The monoisotopic (exact) mass is 330 g/mol. The minimum atomic E-state index is -0.396. The van der Waals surface area contributed by atoms with Crippen LogP contribution in [0.1, 0.15) is 32.3 Å². The van der Waals surface area contributed by atoms with Crippen LogP contribution in [0.15, 0.2) is 46.5 Å². The highest BCUT2D eigenvalue weighted by Gasteiger charge is 2.29. The number of methoxy groups -OCH3 is 1. The van der Waals surface area contributed by atoms with Crippen molar-refractivity contribution in [2.75, 3.05) is 13.7 Å². The van der Waals surface area contributed by atoms with E-state index in [1.54, 1.807) is 32.2 Å². The molecule has 0 spiro atoms. The van der Waals surface area contributed by atoms with Gasteiger partial charge in [-0.1, -0.05) is 30.6 Å². The second kappa shape index (κ2) is 8.19. The van der Waals surface area contributed by atoms with Gasteiger partial charge in [0, 0.05) is 0 Å². The minimum absolute atomic E-state index is 0.129. The smallest absolute Gasteiger partial charge is 0.261 e. The van der Waals surface area contributed by atoms with Crippen molar-refractivity contribution in [2.45, 2.75) is 26.7 Å². The van der Waals surface area contributed by atoms with Gasteiger partial charge in [-0.15, -0.1) is 0 Å². The molecule has 24 heavy (non-hydrogen) atoms. The number of carbonyl (C=O) groups excluding carboxylic acids is 1. The highest BCUT2D eigenvalue weighted by atomic mass is 16.6. The van der Waals surface area contributed by atoms with Gasteiger partial charge in [0.15, 0.2) is 5.76 Å². The molecule has 0 saturated heterocycles. The van der Waals surface area contributed by atoms with Gasteiger partial charge in [0.25, 0.3) is 5.91 Å². The Morgan fingerprint density at radius 3 is 2.67 bits per heavy atom. The Labute approximate surface area is 141 Å². The molecule has 1 heterocycles. The third kappa shape index (κ3) is 4.16. The van der Waals surface area contributed by atoms with E-state index in [1.165, 1.54) is 0 Å². The first-order valence-electron chi connectivity index (χ1n) is 7.84. The van der Waals surface area contributed by atoms with Crippen LogP contribution in [-0.4, -0.2) is 30.4 Å². The number of oxime groups is 1. The molecule has 0 radical (unpaired) electrons. The van der Waals surface area contributed by atoms with Gasteiger partial charge in [-0.25, -0.2) is 0 Å². The third-order valence-electron chi connectivity index (χ3n) is 3.55. The number of hydrogen-bond donors (Lipinski definition) is 2. The fourth-order valence-electron chi connectivity index (χ4n) is 2.19. The highest BCUT2D eigenvalue weighted by Crippen LogP contribution is 2.23. The molecule has 0 aromatic heterocycles. The first kappa shape index (κ1) is 17.6. The number of benzene rings is 1. The van der Waals surface area contributed by atoms with Crippen molar-refractivity contribution in [1.82, 2.24) is 5.32 Å². The van der Waals surface area contributed by atoms with Crippen LogP contribution < -0.4 is 10.1 Å². The lowest BCUT2D eigenvalue weighted by Gasteiger charge is -2.02. The topological polar surface area (TPSA) is 80.2 Å². The predicted octanol–water partition coefficient (Wildman–Crippen LogP) is 3.17. The fraction of sp³-hybridized carbons (Fsp3) is 0.333. The zero-order valence-electron chi connectivity index (χ0n) is 14.1. The van der Waals surface area contributed by atoms with Gasteiger partial charge in [-0.05, 0) is 37.1 Å². The quantitative estimate of drug-likeness (QED) is 0.457. The summed E-state index contributed by atoms with van der Waals surface area (Å²) in [5.41, 5.74) is 1.64. The zero-order valence-corrected chi connectivity index (χ0v) is 14.1. The molecule has 1 aromatic rings. The van der Waals surface area contributed by atoms with Crippen molar-refractivity contribution in [3.8, 4) is 5.75 Å². The van der Waals surface area contributed by atoms with Gasteiger partial charge in [-0.3, -0.25) is 4.79 Å². The summed E-state index contributed by atoms with van der Waals surface area (Å²) in [5, 5.41) is 16.9. The summed E-state index contributed by atoms with van der Waals surface area (Å²) >= 11 is 0. The Bertz CT molecular complexity index is 687. The number of rotatable bonds is 7. The number of nitrogens with one attached hydrogen (secondary N) is 1. The number of carbonyl (C=O) groups is 1. The molecule has 0 atom stereocenters. The van der Waals surface area contributed by atoms with E-state index in [0.29, 0.717) is 18.0 Å². The molecule has 128 valence electrons. The minimum Gasteiger partial charge on any atom is -0.505 e. The van der Waals surface area contributed by atoms with Crippen LogP contribution in [0.5, 0.6) is 5.75 Å². The fourth-order valence-corrected chi connectivity index (χ4v) is 2.19. The lowest BCUT2D eigenvalue weighted by molar-refractivity contribution is -0.115. The first-order chi connectivity index (χ1) is 11.6. The SMILES string of the molecule is CCCCO/N=C(\C)C1=C(O)/C(=C/c2ccc(OC)cc2)NC1=O. The van der Waals surface area contributed by atoms with Crippen molar-refractivity contribution >= 4 is 17.7 Å². The van der Waals surface area contributed by atoms with Crippen LogP contribution in [0, 0.1) is 0 Å². The molecule has 0 saturated carbocycles.